The lowest BCUT2D eigenvalue weighted by atomic mass is 9.78. The Hall–Kier alpha value is -2.04. The van der Waals surface area contributed by atoms with Gasteiger partial charge in [0.05, 0.1) is 18.3 Å². The third kappa shape index (κ3) is 10.1. The van der Waals surface area contributed by atoms with Crippen molar-refractivity contribution in [3.05, 3.63) is 0 Å². The van der Waals surface area contributed by atoms with Crippen LogP contribution in [0.3, 0.4) is 0 Å². The largest absolute Gasteiger partial charge is 0.462 e. The van der Waals surface area contributed by atoms with Crippen molar-refractivity contribution in [3.63, 3.8) is 0 Å². The fourth-order valence-electron chi connectivity index (χ4n) is 9.26. The average Bonchev–Trinajstić information content (AvgIpc) is 2.91. The average molecular weight is 706 g/mol. The number of piperidine rings is 3. The Balaban J connectivity index is 1.86. The van der Waals surface area contributed by atoms with Crippen LogP contribution in [0.15, 0.2) is 0 Å². The highest BCUT2D eigenvalue weighted by atomic mass is 16.6. The highest BCUT2D eigenvalue weighted by Crippen LogP contribution is 2.41. The number of carbonyl (C=O) groups excluding carboxylic acids is 4. The summed E-state index contributed by atoms with van der Waals surface area (Å²) in [7, 11) is 6.27. The molecule has 0 aromatic heterocycles. The Bertz CT molecular complexity index is 1220. The van der Waals surface area contributed by atoms with Crippen LogP contribution in [-0.2, 0) is 33.4 Å². The normalized spacial score (nSPS) is 26.8. The van der Waals surface area contributed by atoms with Crippen LogP contribution in [0.2, 0.25) is 0 Å². The summed E-state index contributed by atoms with van der Waals surface area (Å²) in [6, 6.07) is 0. The van der Waals surface area contributed by atoms with Gasteiger partial charge in [-0.1, -0.05) is 0 Å². The van der Waals surface area contributed by atoms with Gasteiger partial charge < -0.3 is 19.0 Å². The number of carbonyl (C=O) groups is 4. The number of rotatable bonds is 11. The molecule has 2 atom stereocenters. The van der Waals surface area contributed by atoms with E-state index in [1.807, 2.05) is 0 Å². The third-order valence-corrected chi connectivity index (χ3v) is 12.9. The molecule has 0 aliphatic carbocycles. The predicted octanol–water partition coefficient (Wildman–Crippen LogP) is 6.56. The zero-order chi connectivity index (χ0) is 38.4. The summed E-state index contributed by atoms with van der Waals surface area (Å²) >= 11 is 0. The van der Waals surface area contributed by atoms with E-state index in [2.05, 4.69) is 119 Å². The zero-order valence-electron chi connectivity index (χ0n) is 34.5. The highest BCUT2D eigenvalue weighted by molar-refractivity contribution is 5.85. The topological polar surface area (TPSA) is 106 Å². The summed E-state index contributed by atoms with van der Waals surface area (Å²) < 4.78 is 18.5. The monoisotopic (exact) mass is 706 g/mol. The third-order valence-electron chi connectivity index (χ3n) is 12.9. The maximum absolute atomic E-state index is 14.1. The molecule has 10 nitrogen and oxygen atoms in total. The van der Waals surface area contributed by atoms with E-state index in [-0.39, 0.29) is 76.6 Å². The van der Waals surface area contributed by atoms with Crippen molar-refractivity contribution >= 4 is 23.7 Å². The minimum atomic E-state index is -0.970. The van der Waals surface area contributed by atoms with Crippen molar-refractivity contribution in [2.75, 3.05) is 21.1 Å². The Morgan fingerprint density at radius 3 is 1.04 bits per heavy atom. The van der Waals surface area contributed by atoms with E-state index in [1.165, 1.54) is 6.92 Å². The molecule has 0 saturated carbocycles. The van der Waals surface area contributed by atoms with Crippen LogP contribution in [0.5, 0.6) is 0 Å². The highest BCUT2D eigenvalue weighted by Gasteiger charge is 2.48. The van der Waals surface area contributed by atoms with Crippen molar-refractivity contribution in [1.82, 2.24) is 14.7 Å². The SMILES string of the molecule is CC(=O)CC(CC(CC(=O)OC1CC(C)(C)N(C)C(C)(C)C1)C(=O)OC1CC(C)(C)N(C)C(C)(C)C1)C(=O)OC1CC(C)(C)N(C)C(C)(C)C1. The van der Waals surface area contributed by atoms with Gasteiger partial charge in [-0.25, -0.2) is 0 Å². The van der Waals surface area contributed by atoms with E-state index in [1.54, 1.807) is 0 Å². The first kappa shape index (κ1) is 42.4. The fourth-order valence-corrected chi connectivity index (χ4v) is 9.26. The van der Waals surface area contributed by atoms with Crippen LogP contribution in [0.1, 0.15) is 148 Å². The molecule has 0 N–H and O–H groups in total. The minimum absolute atomic E-state index is 0.0322. The smallest absolute Gasteiger partial charge is 0.309 e. The molecule has 0 bridgehead atoms. The number of nitrogens with zero attached hydrogens (tertiary/aromatic N) is 3. The van der Waals surface area contributed by atoms with Gasteiger partial charge in [-0.3, -0.25) is 29.1 Å². The molecular formula is C40H71N3O7. The van der Waals surface area contributed by atoms with Crippen LogP contribution in [0.25, 0.3) is 0 Å². The van der Waals surface area contributed by atoms with Crippen molar-refractivity contribution in [2.24, 2.45) is 11.8 Å². The number of Topliss-reactive ketones (excluding diaryl/α,β-unsaturated/α-hetero) is 1. The first-order chi connectivity index (χ1) is 22.5. The first-order valence-corrected chi connectivity index (χ1v) is 18.8. The lowest BCUT2D eigenvalue weighted by molar-refractivity contribution is -0.173. The maximum Gasteiger partial charge on any atom is 0.309 e. The maximum atomic E-state index is 14.1. The number of hydrogen-bond acceptors (Lipinski definition) is 10. The summed E-state index contributed by atoms with van der Waals surface area (Å²) in [5.41, 5.74) is -1.22. The van der Waals surface area contributed by atoms with Gasteiger partial charge in [-0.2, -0.15) is 0 Å². The molecule has 3 saturated heterocycles. The molecule has 0 aromatic carbocycles. The molecule has 3 heterocycles. The lowest BCUT2D eigenvalue weighted by Gasteiger charge is -2.53. The van der Waals surface area contributed by atoms with Crippen LogP contribution in [0.4, 0.5) is 0 Å². The molecule has 50 heavy (non-hydrogen) atoms. The number of ether oxygens (including phenoxy) is 3. The van der Waals surface area contributed by atoms with Gasteiger partial charge in [-0.15, -0.1) is 0 Å². The molecule has 0 amide bonds. The zero-order valence-corrected chi connectivity index (χ0v) is 34.5. The quantitative estimate of drug-likeness (QED) is 0.173. The van der Waals surface area contributed by atoms with Crippen molar-refractivity contribution in [3.8, 4) is 0 Å². The number of hydrogen-bond donors (Lipinski definition) is 0. The van der Waals surface area contributed by atoms with Crippen molar-refractivity contribution in [2.45, 2.75) is 199 Å². The van der Waals surface area contributed by atoms with Crippen LogP contribution < -0.4 is 0 Å². The Morgan fingerprint density at radius 1 is 0.500 bits per heavy atom. The first-order valence-electron chi connectivity index (χ1n) is 18.8. The molecule has 2 unspecified atom stereocenters. The van der Waals surface area contributed by atoms with E-state index in [9.17, 15) is 19.2 Å². The van der Waals surface area contributed by atoms with Gasteiger partial charge in [0, 0.05) is 78.2 Å². The van der Waals surface area contributed by atoms with Gasteiger partial charge in [-0.05, 0) is 118 Å². The lowest BCUT2D eigenvalue weighted by Crippen LogP contribution is -2.60. The van der Waals surface area contributed by atoms with Crippen LogP contribution in [0, 0.1) is 11.8 Å². The summed E-state index contributed by atoms with van der Waals surface area (Å²) in [6.07, 6.45) is 2.53. The second-order valence-electron chi connectivity index (χ2n) is 19.7. The van der Waals surface area contributed by atoms with E-state index in [0.717, 1.165) is 0 Å². The van der Waals surface area contributed by atoms with Crippen LogP contribution >= 0.6 is 0 Å². The Morgan fingerprint density at radius 2 is 0.760 bits per heavy atom. The van der Waals surface area contributed by atoms with Crippen molar-refractivity contribution < 1.29 is 33.4 Å². The van der Waals surface area contributed by atoms with Gasteiger partial charge in [0.15, 0.2) is 0 Å². The molecule has 0 spiro atoms. The minimum Gasteiger partial charge on any atom is -0.462 e. The van der Waals surface area contributed by atoms with Gasteiger partial charge in [0.1, 0.15) is 24.1 Å². The molecular weight excluding hydrogens is 634 g/mol. The molecule has 288 valence electrons. The summed E-state index contributed by atoms with van der Waals surface area (Å²) in [5, 5.41) is 0. The molecule has 3 rings (SSSR count). The Kier molecular flexibility index (Phi) is 12.5. The summed E-state index contributed by atoms with van der Waals surface area (Å²) in [4.78, 5) is 61.2. The van der Waals surface area contributed by atoms with Crippen LogP contribution in [-0.4, -0.2) is 111 Å². The molecule has 0 aromatic rings. The van der Waals surface area contributed by atoms with Gasteiger partial charge in [0.2, 0.25) is 0 Å². The molecule has 3 fully saturated rings. The number of ketones is 1. The standard InChI is InChI=1S/C40H71N3O7/c1-26(44)17-27(33(46)49-30-22-37(6,7)42(15)38(8,9)23-30)18-28(34(47)50-31-24-39(10,11)43(16)40(12,13)25-31)19-32(45)48-29-20-35(2,3)41(14)36(4,5)21-29/h27-31H,17-25H2,1-16H3. The fraction of sp³-hybridized carbons (Fsp3) is 0.900. The molecule has 3 aliphatic rings. The predicted molar refractivity (Wildman–Crippen MR) is 197 cm³/mol. The van der Waals surface area contributed by atoms with E-state index < -0.39 is 29.7 Å². The number of esters is 3. The summed E-state index contributed by atoms with van der Waals surface area (Å²) in [6.45, 7) is 27.1. The Labute approximate surface area is 303 Å². The van der Waals surface area contributed by atoms with E-state index in [0.29, 0.717) is 38.5 Å². The molecule has 0 radical (unpaired) electrons. The van der Waals surface area contributed by atoms with Gasteiger partial charge >= 0.3 is 17.9 Å². The van der Waals surface area contributed by atoms with E-state index in [4.69, 9.17) is 14.2 Å². The second-order valence-corrected chi connectivity index (χ2v) is 19.7. The van der Waals surface area contributed by atoms with E-state index >= 15 is 0 Å². The molecule has 10 heteroatoms. The second kappa shape index (κ2) is 14.8. The number of likely N-dealkylation sites (tertiary alicyclic amines) is 3. The van der Waals surface area contributed by atoms with Gasteiger partial charge in [0.25, 0.3) is 0 Å². The molecule has 3 aliphatic heterocycles. The van der Waals surface area contributed by atoms with Crippen molar-refractivity contribution in [1.29, 1.82) is 0 Å². The summed E-state index contributed by atoms with van der Waals surface area (Å²) in [5.74, 6) is -3.58.